The molecule has 1 spiro atoms. The van der Waals surface area contributed by atoms with E-state index in [-0.39, 0.29) is 67.5 Å². The van der Waals surface area contributed by atoms with Gasteiger partial charge in [-0.15, -0.1) is 40.8 Å². The van der Waals surface area contributed by atoms with Gasteiger partial charge in [0.25, 0.3) is 5.56 Å². The molecule has 750 valence electrons. The molecule has 11 aromatic heterocycles. The molecule has 0 aliphatic carbocycles. The molecule has 0 saturated carbocycles. The Kier molecular flexibility index (Phi) is 29.1. The molecule has 13 N–H and O–H groups in total. The van der Waals surface area contributed by atoms with Crippen molar-refractivity contribution >= 4 is 44.6 Å². The lowest BCUT2D eigenvalue weighted by Gasteiger charge is -2.49. The average Bonchev–Trinajstić information content (AvgIpc) is 1.71. The topological polar surface area (TPSA) is 446 Å². The third-order valence-electron chi connectivity index (χ3n) is 27.0. The standard InChI is InChI=1S/C23H30N6O.C21H26N6O2.2C21H28N6OS.C19H20N6O/c1-22(2)11-17(12-23(3,4)28-22)29(5)21-9-8-19(26-27-21)18-7-6-15(10-20(18)30)16-13-24-25-14-16;1-20(2)9-14(10-21(3,4)27-20)29-18-8-7-17(25-26-18)15-5-6-16(24-19(15)28)13-11-22-23-12-13;1-20(2)10-16(11-21(3,4)26-20)27(5)18-24-25-19(29-18)28-17-8-6-14(7-9-17)15-12-22-23-13-15;1-20(2)10-16(11-21(3,4)26-20)27(5)18-24-25-19(29-18)28-17-8-6-7-14(9-17)15-12-22-23-13-15;26-17-7-13(14-8-21-22-9-14)1-2-15(17)16-3-4-18(24-23-16)25-11-19(12-25)5-6-20-10-19/h6-10,13-14,17,28,30H,11-12H2,1-5H3,(H,24,25);5-8,11-12,14,27H,9-10H2,1-4H3,(H,22,23)(H,24,28);2*6-9,12-13,16,26H,10-11H2,1-5H3,(H,22,23);1-4,7-9,20,26H,5-6,10-12H2,(H,21,22). The molecule has 143 heavy (non-hydrogen) atoms. The van der Waals surface area contributed by atoms with E-state index in [1.807, 2.05) is 116 Å². The maximum absolute atomic E-state index is 12.5. The minimum Gasteiger partial charge on any atom is -0.507 e. The van der Waals surface area contributed by atoms with Gasteiger partial charge in [0, 0.05) is 197 Å². The number of aromatic amines is 6. The zero-order valence-corrected chi connectivity index (χ0v) is 86.5. The van der Waals surface area contributed by atoms with E-state index in [4.69, 9.17) is 14.2 Å². The van der Waals surface area contributed by atoms with Crippen molar-refractivity contribution in [1.29, 1.82) is 0 Å². The van der Waals surface area contributed by atoms with Crippen LogP contribution in [0.5, 0.6) is 39.3 Å². The summed E-state index contributed by atoms with van der Waals surface area (Å²) in [6.45, 7) is 40.1. The van der Waals surface area contributed by atoms with Gasteiger partial charge in [0.05, 0.1) is 59.3 Å². The predicted molar refractivity (Wildman–Crippen MR) is 562 cm³/mol. The quantitative estimate of drug-likeness (QED) is 0.0318. The lowest BCUT2D eigenvalue weighted by molar-refractivity contribution is 0.0524. The van der Waals surface area contributed by atoms with Gasteiger partial charge in [-0.3, -0.25) is 30.3 Å². The summed E-state index contributed by atoms with van der Waals surface area (Å²) in [5.41, 5.74) is 13.6. The lowest BCUT2D eigenvalue weighted by atomic mass is 9.79. The Balaban J connectivity index is 0.000000123. The van der Waals surface area contributed by atoms with Crippen LogP contribution in [0.25, 0.3) is 89.5 Å². The summed E-state index contributed by atoms with van der Waals surface area (Å²) in [7, 11) is 6.29. The number of aromatic nitrogens is 21. The van der Waals surface area contributed by atoms with E-state index in [2.05, 4.69) is 285 Å². The van der Waals surface area contributed by atoms with Crippen LogP contribution in [0.1, 0.15) is 169 Å². The first-order valence-electron chi connectivity index (χ1n) is 48.6. The number of nitrogens with one attached hydrogen (secondary N) is 11. The molecule has 17 heterocycles. The second-order valence-corrected chi connectivity index (χ2v) is 45.6. The number of nitrogens with zero attached hydrogens (tertiary/aromatic N) is 19. The first-order valence-corrected chi connectivity index (χ1v) is 50.2. The lowest BCUT2D eigenvalue weighted by Crippen LogP contribution is -2.62. The van der Waals surface area contributed by atoms with Crippen molar-refractivity contribution in [3.05, 3.63) is 206 Å². The molecule has 0 radical (unpaired) electrons. The summed E-state index contributed by atoms with van der Waals surface area (Å²) >= 11 is 2.95. The van der Waals surface area contributed by atoms with Crippen molar-refractivity contribution in [1.82, 2.24) is 134 Å². The number of piperidine rings is 4. The highest BCUT2D eigenvalue weighted by Crippen LogP contribution is 2.45. The zero-order valence-electron chi connectivity index (χ0n) is 84.8. The van der Waals surface area contributed by atoms with Gasteiger partial charge in [-0.05, 0) is 298 Å². The Morgan fingerprint density at radius 1 is 0.385 bits per heavy atom. The average molecular weight is 1970 g/mol. The van der Waals surface area contributed by atoms with Crippen molar-refractivity contribution < 1.29 is 24.4 Å². The van der Waals surface area contributed by atoms with Crippen LogP contribution in [0.15, 0.2) is 200 Å². The SMILES string of the molecule is CC1(C)CC(Oc2ccc(-c3ccc(-c4cn[nH]c4)[nH]c3=O)nn2)CC(C)(C)N1.CN(c1ccc(-c2ccc(-c3cn[nH]c3)cc2O)nn1)C1CC(C)(C)NC(C)(C)C1.CN(c1nnc(Oc2ccc(-c3cn[nH]c3)cc2)s1)C1CC(C)(C)NC(C)(C)C1.CN(c1nnc(Oc2cccc(-c3cn[nH]c3)c2)s1)C1CC(C)(C)NC(C)(C)C1.Oc1cc(-c2cn[nH]c2)ccc1-c1ccc(N2CC3(CCNC3)C2)nn1. The number of phenols is 2. The minimum absolute atomic E-state index is 0.0101. The number of benzene rings is 4. The van der Waals surface area contributed by atoms with Crippen molar-refractivity contribution in [3.8, 4) is 129 Å². The Hall–Kier alpha value is -13.8. The molecule has 6 fully saturated rings. The summed E-state index contributed by atoms with van der Waals surface area (Å²) < 4.78 is 18.0. The van der Waals surface area contributed by atoms with Gasteiger partial charge < -0.3 is 75.6 Å². The van der Waals surface area contributed by atoms with E-state index in [1.165, 1.54) is 29.1 Å². The first kappa shape index (κ1) is 101. The molecule has 0 amide bonds. The van der Waals surface area contributed by atoms with Gasteiger partial charge in [-0.1, -0.05) is 46.6 Å². The Morgan fingerprint density at radius 3 is 1.22 bits per heavy atom. The van der Waals surface area contributed by atoms with E-state index in [1.54, 1.807) is 79.9 Å². The highest BCUT2D eigenvalue weighted by molar-refractivity contribution is 7.17. The molecule has 0 unspecified atom stereocenters. The molecule has 36 nitrogen and oxygen atoms in total. The number of H-pyrrole nitrogens is 6. The number of ether oxygens (including phenoxy) is 3. The monoisotopic (exact) mass is 1970 g/mol. The molecule has 0 bridgehead atoms. The van der Waals surface area contributed by atoms with Gasteiger partial charge in [-0.25, -0.2) is 0 Å². The van der Waals surface area contributed by atoms with Crippen LogP contribution in [0.4, 0.5) is 21.9 Å². The molecule has 15 aromatic rings. The fraction of sp³-hybridized carbons (Fsp3) is 0.429. The smallest absolute Gasteiger partial charge is 0.301 e. The molecule has 6 saturated heterocycles. The second kappa shape index (κ2) is 41.3. The molecule has 38 heteroatoms. The largest absolute Gasteiger partial charge is 0.507 e. The van der Waals surface area contributed by atoms with Crippen LogP contribution in [-0.2, 0) is 0 Å². The molecular formula is C105H132N30O6S2. The van der Waals surface area contributed by atoms with E-state index < -0.39 is 0 Å². The highest BCUT2D eigenvalue weighted by atomic mass is 32.1. The summed E-state index contributed by atoms with van der Waals surface area (Å²) in [5, 5.41) is 119. The first-order chi connectivity index (χ1) is 68.0. The van der Waals surface area contributed by atoms with Crippen LogP contribution in [0.2, 0.25) is 0 Å². The molecule has 0 atom stereocenters. The second-order valence-electron chi connectivity index (χ2n) is 43.8. The third kappa shape index (κ3) is 25.5. The minimum atomic E-state index is -0.228. The summed E-state index contributed by atoms with van der Waals surface area (Å²) in [4.78, 5) is 24.3. The fourth-order valence-electron chi connectivity index (χ4n) is 21.6. The number of hydrogen-bond donors (Lipinski definition) is 13. The molecule has 21 rings (SSSR count). The summed E-state index contributed by atoms with van der Waals surface area (Å²) in [6.07, 6.45) is 27.1. The van der Waals surface area contributed by atoms with E-state index in [9.17, 15) is 15.0 Å². The van der Waals surface area contributed by atoms with Crippen molar-refractivity contribution in [2.75, 3.05) is 66.9 Å². The van der Waals surface area contributed by atoms with Gasteiger partial charge in [0.2, 0.25) is 16.1 Å². The van der Waals surface area contributed by atoms with Crippen LogP contribution < -0.4 is 66.0 Å². The van der Waals surface area contributed by atoms with Crippen LogP contribution in [0, 0.1) is 5.41 Å². The number of aromatic hydroxyl groups is 2. The molecule has 6 aliphatic rings. The normalized spacial score (nSPS) is 18.4. The van der Waals surface area contributed by atoms with Gasteiger partial charge >= 0.3 is 10.4 Å². The van der Waals surface area contributed by atoms with Crippen molar-refractivity contribution in [2.24, 2.45) is 5.41 Å². The highest BCUT2D eigenvalue weighted by Gasteiger charge is 2.47. The van der Waals surface area contributed by atoms with Gasteiger partial charge in [0.1, 0.15) is 29.1 Å². The Bertz CT molecular complexity index is 6690. The number of anilines is 4. The molecule has 6 aliphatic heterocycles. The maximum Gasteiger partial charge on any atom is 0.301 e. The summed E-state index contributed by atoms with van der Waals surface area (Å²) in [5.74, 6) is 4.05. The van der Waals surface area contributed by atoms with E-state index in [0.717, 1.165) is 161 Å². The number of rotatable bonds is 21. The fourth-order valence-corrected chi connectivity index (χ4v) is 23.1. The van der Waals surface area contributed by atoms with Crippen molar-refractivity contribution in [2.45, 2.75) is 237 Å². The van der Waals surface area contributed by atoms with Crippen LogP contribution >= 0.6 is 22.7 Å². The molecular weight excluding hydrogens is 1840 g/mol. The van der Waals surface area contributed by atoms with Crippen LogP contribution in [-0.4, -0.2) is 233 Å². The Morgan fingerprint density at radius 2 is 0.797 bits per heavy atom. The molecule has 4 aromatic carbocycles. The number of phenolic OH excluding ortho intramolecular Hbond substituents is 2. The zero-order chi connectivity index (χ0) is 101. The van der Waals surface area contributed by atoms with Gasteiger partial charge in [-0.2, -0.15) is 25.5 Å². The number of hydrogen-bond acceptors (Lipinski definition) is 32. The van der Waals surface area contributed by atoms with E-state index >= 15 is 0 Å². The van der Waals surface area contributed by atoms with Crippen molar-refractivity contribution in [3.63, 3.8) is 0 Å². The van der Waals surface area contributed by atoms with E-state index in [0.29, 0.717) is 79.3 Å². The maximum atomic E-state index is 12.5. The van der Waals surface area contributed by atoms with Gasteiger partial charge in [0.15, 0.2) is 11.6 Å². The third-order valence-corrected chi connectivity index (χ3v) is 28.7. The van der Waals surface area contributed by atoms with Crippen LogP contribution in [0.3, 0.4) is 0 Å². The number of pyridine rings is 1. The predicted octanol–water partition coefficient (Wildman–Crippen LogP) is 17.9. The Labute approximate surface area is 841 Å². The summed E-state index contributed by atoms with van der Waals surface area (Å²) in [6, 6.07) is 42.9.